The number of hydrogen-bond acceptors (Lipinski definition) is 4. The molecule has 1 aliphatic heterocycles. The van der Waals surface area contributed by atoms with Crippen LogP contribution in [0.25, 0.3) is 11.3 Å². The maximum absolute atomic E-state index is 12.6. The number of nitrogens with one attached hydrogen (secondary N) is 2. The van der Waals surface area contributed by atoms with Crippen LogP contribution in [0.4, 0.5) is 0 Å². The molecule has 138 valence electrons. The third kappa shape index (κ3) is 2.87. The fourth-order valence-corrected chi connectivity index (χ4v) is 3.03. The summed E-state index contributed by atoms with van der Waals surface area (Å²) in [6.45, 7) is 7.86. The average molecular weight is 355 g/mol. The molecule has 26 heavy (non-hydrogen) atoms. The van der Waals surface area contributed by atoms with Gasteiger partial charge >= 0.3 is 0 Å². The van der Waals surface area contributed by atoms with Gasteiger partial charge in [-0.2, -0.15) is 5.10 Å². The van der Waals surface area contributed by atoms with E-state index in [0.29, 0.717) is 5.69 Å². The first kappa shape index (κ1) is 17.8. The highest BCUT2D eigenvalue weighted by Gasteiger charge is 2.30. The van der Waals surface area contributed by atoms with E-state index in [0.717, 1.165) is 28.3 Å². The van der Waals surface area contributed by atoms with Gasteiger partial charge in [0, 0.05) is 38.2 Å². The molecule has 0 aliphatic carbocycles. The summed E-state index contributed by atoms with van der Waals surface area (Å²) in [6.07, 6.45) is 5.34. The first-order valence-corrected chi connectivity index (χ1v) is 8.73. The Morgan fingerprint density at radius 1 is 1.15 bits per heavy atom. The Kier molecular flexibility index (Phi) is 4.58. The fourth-order valence-electron chi connectivity index (χ4n) is 3.03. The SMILES string of the molecule is CC.Cc1c(-c2ccn(C)n2)cn2c1C(=O)NC(c1cn(C)c(C)n1)N2. The van der Waals surface area contributed by atoms with Crippen molar-refractivity contribution in [2.45, 2.75) is 33.9 Å². The Hall–Kier alpha value is -3.03. The number of fused-ring (bicyclic) bond motifs is 1. The molecule has 3 aromatic heterocycles. The van der Waals surface area contributed by atoms with Gasteiger partial charge in [0.25, 0.3) is 5.91 Å². The molecule has 0 saturated carbocycles. The molecule has 0 spiro atoms. The van der Waals surface area contributed by atoms with Crippen molar-refractivity contribution >= 4 is 5.91 Å². The van der Waals surface area contributed by atoms with Crippen molar-refractivity contribution in [2.75, 3.05) is 5.43 Å². The number of nitrogens with zero attached hydrogens (tertiary/aromatic N) is 5. The van der Waals surface area contributed by atoms with Crippen molar-refractivity contribution in [3.63, 3.8) is 0 Å². The third-order valence-corrected chi connectivity index (χ3v) is 4.43. The van der Waals surface area contributed by atoms with E-state index in [-0.39, 0.29) is 12.1 Å². The summed E-state index contributed by atoms with van der Waals surface area (Å²) in [5, 5.41) is 7.40. The van der Waals surface area contributed by atoms with Crippen LogP contribution >= 0.6 is 0 Å². The second-order valence-corrected chi connectivity index (χ2v) is 6.12. The zero-order chi connectivity index (χ0) is 19.0. The Balaban J connectivity index is 0.000000948. The molecule has 0 aromatic carbocycles. The Morgan fingerprint density at radius 2 is 1.88 bits per heavy atom. The molecule has 8 heteroatoms. The van der Waals surface area contributed by atoms with E-state index >= 15 is 0 Å². The van der Waals surface area contributed by atoms with Gasteiger partial charge in [0.2, 0.25) is 0 Å². The monoisotopic (exact) mass is 355 g/mol. The summed E-state index contributed by atoms with van der Waals surface area (Å²) < 4.78 is 5.45. The second kappa shape index (κ2) is 6.70. The van der Waals surface area contributed by atoms with E-state index in [4.69, 9.17) is 0 Å². The lowest BCUT2D eigenvalue weighted by molar-refractivity contribution is 0.0913. The molecule has 2 N–H and O–H groups in total. The number of hydrogen-bond donors (Lipinski definition) is 2. The molecule has 1 atom stereocenters. The van der Waals surface area contributed by atoms with E-state index in [1.165, 1.54) is 0 Å². The molecule has 1 aliphatic rings. The van der Waals surface area contributed by atoms with Gasteiger partial charge in [-0.15, -0.1) is 0 Å². The lowest BCUT2D eigenvalue weighted by Gasteiger charge is -2.27. The Bertz CT molecular complexity index is 928. The summed E-state index contributed by atoms with van der Waals surface area (Å²) in [5.74, 6) is 0.770. The molecule has 0 fully saturated rings. The zero-order valence-corrected chi connectivity index (χ0v) is 16.0. The van der Waals surface area contributed by atoms with Crippen LogP contribution < -0.4 is 10.7 Å². The minimum Gasteiger partial charge on any atom is -0.338 e. The van der Waals surface area contributed by atoms with Crippen molar-refractivity contribution in [3.05, 3.63) is 47.4 Å². The Labute approximate surface area is 152 Å². The smallest absolute Gasteiger partial charge is 0.272 e. The molecule has 8 nitrogen and oxygen atoms in total. The van der Waals surface area contributed by atoms with Gasteiger partial charge in [0.05, 0.1) is 5.69 Å². The van der Waals surface area contributed by atoms with Gasteiger partial charge in [-0.1, -0.05) is 13.8 Å². The lowest BCUT2D eigenvalue weighted by atomic mass is 10.1. The highest BCUT2D eigenvalue weighted by molar-refractivity contribution is 5.97. The molecule has 0 radical (unpaired) electrons. The molecular weight excluding hydrogens is 330 g/mol. The van der Waals surface area contributed by atoms with Gasteiger partial charge in [-0.25, -0.2) is 4.98 Å². The van der Waals surface area contributed by atoms with E-state index < -0.39 is 0 Å². The highest BCUT2D eigenvalue weighted by atomic mass is 16.2. The number of amides is 1. The summed E-state index contributed by atoms with van der Waals surface area (Å²) in [6, 6.07) is 1.94. The van der Waals surface area contributed by atoms with Crippen LogP contribution in [0, 0.1) is 13.8 Å². The van der Waals surface area contributed by atoms with Gasteiger partial charge in [-0.3, -0.25) is 19.6 Å². The first-order chi connectivity index (χ1) is 12.4. The van der Waals surface area contributed by atoms with E-state index in [9.17, 15) is 4.79 Å². The molecule has 4 heterocycles. The van der Waals surface area contributed by atoms with Crippen LogP contribution in [-0.4, -0.2) is 29.9 Å². The summed E-state index contributed by atoms with van der Waals surface area (Å²) in [4.78, 5) is 17.1. The predicted molar refractivity (Wildman–Crippen MR) is 100 cm³/mol. The summed E-state index contributed by atoms with van der Waals surface area (Å²) in [5.41, 5.74) is 7.35. The van der Waals surface area contributed by atoms with Crippen LogP contribution in [0.3, 0.4) is 0 Å². The molecule has 1 unspecified atom stereocenters. The van der Waals surface area contributed by atoms with Gasteiger partial charge in [0.15, 0.2) is 6.17 Å². The Morgan fingerprint density at radius 3 is 2.46 bits per heavy atom. The van der Waals surface area contributed by atoms with Crippen LogP contribution in [0.1, 0.15) is 47.6 Å². The molecular formula is C18H25N7O. The van der Waals surface area contributed by atoms with Crippen LogP contribution in [-0.2, 0) is 14.1 Å². The van der Waals surface area contributed by atoms with Gasteiger partial charge in [0.1, 0.15) is 17.2 Å². The number of aryl methyl sites for hydroxylation is 3. The van der Waals surface area contributed by atoms with Crippen molar-refractivity contribution in [2.24, 2.45) is 14.1 Å². The van der Waals surface area contributed by atoms with E-state index in [2.05, 4.69) is 20.8 Å². The van der Waals surface area contributed by atoms with Crippen molar-refractivity contribution < 1.29 is 4.79 Å². The highest BCUT2D eigenvalue weighted by Crippen LogP contribution is 2.28. The minimum absolute atomic E-state index is 0.123. The van der Waals surface area contributed by atoms with Crippen LogP contribution in [0.15, 0.2) is 24.7 Å². The molecule has 4 rings (SSSR count). The minimum atomic E-state index is -0.367. The fraction of sp³-hybridized carbons (Fsp3) is 0.389. The topological polar surface area (TPSA) is 81.7 Å². The largest absolute Gasteiger partial charge is 0.338 e. The van der Waals surface area contributed by atoms with E-state index in [1.54, 1.807) is 9.36 Å². The molecule has 3 aromatic rings. The number of aromatic nitrogens is 5. The molecule has 1 amide bonds. The van der Waals surface area contributed by atoms with Crippen molar-refractivity contribution in [3.8, 4) is 11.3 Å². The number of carbonyl (C=O) groups excluding carboxylic acids is 1. The normalized spacial score (nSPS) is 15.6. The number of carbonyl (C=O) groups is 1. The maximum atomic E-state index is 12.6. The zero-order valence-electron chi connectivity index (χ0n) is 16.0. The predicted octanol–water partition coefficient (Wildman–Crippen LogP) is 2.25. The average Bonchev–Trinajstić information content (AvgIpc) is 3.28. The first-order valence-electron chi connectivity index (χ1n) is 8.73. The molecule has 0 saturated heterocycles. The lowest BCUT2D eigenvalue weighted by Crippen LogP contribution is -2.44. The van der Waals surface area contributed by atoms with Gasteiger partial charge < -0.3 is 9.88 Å². The van der Waals surface area contributed by atoms with Crippen molar-refractivity contribution in [1.82, 2.24) is 29.3 Å². The second-order valence-electron chi connectivity index (χ2n) is 6.12. The van der Waals surface area contributed by atoms with E-state index in [1.807, 2.05) is 71.0 Å². The molecule has 0 bridgehead atoms. The third-order valence-electron chi connectivity index (χ3n) is 4.43. The quantitative estimate of drug-likeness (QED) is 0.739. The summed E-state index contributed by atoms with van der Waals surface area (Å²) >= 11 is 0. The number of imidazole rings is 1. The summed E-state index contributed by atoms with van der Waals surface area (Å²) in [7, 11) is 3.81. The maximum Gasteiger partial charge on any atom is 0.272 e. The van der Waals surface area contributed by atoms with Crippen LogP contribution in [0.5, 0.6) is 0 Å². The number of rotatable bonds is 2. The standard InChI is InChI=1S/C16H19N7O.C2H6/c1-9-11(12-5-6-22(4)19-12)7-23-14(9)16(24)18-15(20-23)13-8-21(3)10(2)17-13;1-2/h5-8,15,20H,1-4H3,(H,18,24);1-2H3. The van der Waals surface area contributed by atoms with Crippen LogP contribution in [0.2, 0.25) is 0 Å². The van der Waals surface area contributed by atoms with Gasteiger partial charge in [-0.05, 0) is 25.5 Å². The van der Waals surface area contributed by atoms with Crippen molar-refractivity contribution in [1.29, 1.82) is 0 Å².